The van der Waals surface area contributed by atoms with E-state index in [1.54, 1.807) is 19.2 Å². The maximum atomic E-state index is 13.0. The molecule has 0 aromatic heterocycles. The average molecular weight is 384 g/mol. The number of guanidine groups is 1. The van der Waals surface area contributed by atoms with Gasteiger partial charge in [-0.05, 0) is 48.2 Å². The number of anilines is 1. The van der Waals surface area contributed by atoms with Gasteiger partial charge in [0.05, 0.1) is 0 Å². The molecule has 1 aliphatic rings. The molecule has 1 heterocycles. The number of aliphatic imine (C=N–C) groups is 1. The lowest BCUT2D eigenvalue weighted by molar-refractivity contribution is -0.124. The summed E-state index contributed by atoms with van der Waals surface area (Å²) < 4.78 is 18.4. The highest BCUT2D eigenvalue weighted by atomic mass is 19.1. The fourth-order valence-corrected chi connectivity index (χ4v) is 2.96. The predicted octanol–water partition coefficient (Wildman–Crippen LogP) is 2.81. The van der Waals surface area contributed by atoms with Crippen molar-refractivity contribution in [3.63, 3.8) is 0 Å². The maximum absolute atomic E-state index is 13.0. The van der Waals surface area contributed by atoms with Crippen LogP contribution in [-0.4, -0.2) is 31.6 Å². The summed E-state index contributed by atoms with van der Waals surface area (Å²) in [6.07, 6.45) is 1.34. The molecule has 0 spiro atoms. The van der Waals surface area contributed by atoms with Gasteiger partial charge in [-0.3, -0.25) is 9.79 Å². The molecular weight excluding hydrogens is 359 g/mol. The number of ether oxygens (including phenoxy) is 1. The summed E-state index contributed by atoms with van der Waals surface area (Å²) in [6.45, 7) is 1.73. The average Bonchev–Trinajstić information content (AvgIpc) is 3.25. The van der Waals surface area contributed by atoms with E-state index >= 15 is 0 Å². The van der Waals surface area contributed by atoms with Crippen molar-refractivity contribution in [1.29, 1.82) is 0 Å². The molecule has 0 bridgehead atoms. The molecule has 2 aromatic carbocycles. The third-order valence-electron chi connectivity index (χ3n) is 4.47. The zero-order valence-corrected chi connectivity index (χ0v) is 15.9. The number of halogens is 1. The molecule has 0 aliphatic carbocycles. The van der Waals surface area contributed by atoms with Crippen molar-refractivity contribution in [2.24, 2.45) is 4.99 Å². The molecule has 7 heteroatoms. The minimum atomic E-state index is -0.351. The topological polar surface area (TPSA) is 74.8 Å². The molecule has 0 saturated carbocycles. The third-order valence-corrected chi connectivity index (χ3v) is 4.47. The Bertz CT molecular complexity index is 817. The van der Waals surface area contributed by atoms with Gasteiger partial charge in [-0.25, -0.2) is 4.39 Å². The highest BCUT2D eigenvalue weighted by Gasteiger charge is 2.23. The Morgan fingerprint density at radius 1 is 1.14 bits per heavy atom. The zero-order chi connectivity index (χ0) is 19.8. The van der Waals surface area contributed by atoms with Crippen molar-refractivity contribution in [2.75, 3.05) is 19.0 Å². The fraction of sp³-hybridized carbons (Fsp3) is 0.333. The Morgan fingerprint density at radius 3 is 2.57 bits per heavy atom. The molecule has 6 nitrogen and oxygen atoms in total. The fourth-order valence-electron chi connectivity index (χ4n) is 2.96. The molecule has 2 aromatic rings. The van der Waals surface area contributed by atoms with Gasteiger partial charge in [0, 0.05) is 32.4 Å². The molecule has 0 radical (unpaired) electrons. The van der Waals surface area contributed by atoms with E-state index in [4.69, 9.17) is 4.74 Å². The van der Waals surface area contributed by atoms with Crippen LogP contribution < -0.4 is 16.0 Å². The number of nitrogens with one attached hydrogen (secondary N) is 3. The molecule has 1 saturated heterocycles. The highest BCUT2D eigenvalue weighted by Crippen LogP contribution is 2.16. The number of rotatable bonds is 6. The molecule has 28 heavy (non-hydrogen) atoms. The summed E-state index contributed by atoms with van der Waals surface area (Å²) in [5.74, 6) is 0.287. The quantitative estimate of drug-likeness (QED) is 0.529. The van der Waals surface area contributed by atoms with Gasteiger partial charge in [0.25, 0.3) is 5.91 Å². The first-order valence-electron chi connectivity index (χ1n) is 9.34. The number of hydrogen-bond acceptors (Lipinski definition) is 3. The zero-order valence-electron chi connectivity index (χ0n) is 15.9. The normalized spacial score (nSPS) is 16.6. The largest absolute Gasteiger partial charge is 0.368 e. The van der Waals surface area contributed by atoms with Gasteiger partial charge in [0.2, 0.25) is 0 Å². The van der Waals surface area contributed by atoms with E-state index in [1.165, 1.54) is 12.1 Å². The van der Waals surface area contributed by atoms with Crippen LogP contribution in [0.4, 0.5) is 10.1 Å². The van der Waals surface area contributed by atoms with Crippen molar-refractivity contribution >= 4 is 17.6 Å². The van der Waals surface area contributed by atoms with Crippen LogP contribution in [0.2, 0.25) is 0 Å². The van der Waals surface area contributed by atoms with Crippen molar-refractivity contribution in [3.8, 4) is 0 Å². The number of carbonyl (C=O) groups is 1. The van der Waals surface area contributed by atoms with Crippen LogP contribution in [0, 0.1) is 5.82 Å². The monoisotopic (exact) mass is 384 g/mol. The number of carbonyl (C=O) groups excluding carboxylic acids is 1. The molecule has 1 amide bonds. The summed E-state index contributed by atoms with van der Waals surface area (Å²) in [5.41, 5.74) is 2.71. The summed E-state index contributed by atoms with van der Waals surface area (Å²) in [7, 11) is 1.69. The second-order valence-corrected chi connectivity index (χ2v) is 6.60. The van der Waals surface area contributed by atoms with E-state index in [2.05, 4.69) is 20.9 Å². The molecule has 1 unspecified atom stereocenters. The summed E-state index contributed by atoms with van der Waals surface area (Å²) in [6, 6.07) is 14.0. The van der Waals surface area contributed by atoms with Gasteiger partial charge < -0.3 is 20.7 Å². The van der Waals surface area contributed by atoms with Crippen LogP contribution in [0.3, 0.4) is 0 Å². The van der Waals surface area contributed by atoms with Gasteiger partial charge >= 0.3 is 0 Å². The lowest BCUT2D eigenvalue weighted by atomic mass is 10.2. The number of nitrogens with zero attached hydrogens (tertiary/aromatic N) is 1. The SMILES string of the molecule is CN=C(NCc1ccc(F)cc1)NCc1cccc(NC(=O)C2CCCO2)c1. The minimum Gasteiger partial charge on any atom is -0.368 e. The Kier molecular flexibility index (Phi) is 6.97. The summed E-state index contributed by atoms with van der Waals surface area (Å²) >= 11 is 0. The Labute approximate surface area is 164 Å². The predicted molar refractivity (Wildman–Crippen MR) is 107 cm³/mol. The Balaban J connectivity index is 1.49. The van der Waals surface area contributed by atoms with Crippen LogP contribution >= 0.6 is 0 Å². The van der Waals surface area contributed by atoms with Crippen LogP contribution in [0.15, 0.2) is 53.5 Å². The second-order valence-electron chi connectivity index (χ2n) is 6.60. The van der Waals surface area contributed by atoms with Crippen molar-refractivity contribution in [3.05, 3.63) is 65.5 Å². The lowest BCUT2D eigenvalue weighted by Crippen LogP contribution is -2.36. The third kappa shape index (κ3) is 5.79. The van der Waals surface area contributed by atoms with E-state index < -0.39 is 0 Å². The van der Waals surface area contributed by atoms with Crippen LogP contribution in [0.1, 0.15) is 24.0 Å². The standard InChI is InChI=1S/C21H25FN4O2/c1-23-21(24-13-15-7-9-17(22)10-8-15)25-14-16-4-2-5-18(12-16)26-20(27)19-6-3-11-28-19/h2,4-5,7-10,12,19H,3,6,11,13-14H2,1H3,(H,26,27)(H2,23,24,25). The molecule has 148 valence electrons. The molecule has 3 rings (SSSR count). The van der Waals surface area contributed by atoms with E-state index in [9.17, 15) is 9.18 Å². The number of benzene rings is 2. The second kappa shape index (κ2) is 9.85. The Morgan fingerprint density at radius 2 is 1.89 bits per heavy atom. The maximum Gasteiger partial charge on any atom is 0.253 e. The van der Waals surface area contributed by atoms with E-state index in [1.807, 2.05) is 24.3 Å². The smallest absolute Gasteiger partial charge is 0.253 e. The van der Waals surface area contributed by atoms with Gasteiger partial charge in [-0.15, -0.1) is 0 Å². The van der Waals surface area contributed by atoms with Gasteiger partial charge in [0.1, 0.15) is 11.9 Å². The first-order valence-corrected chi connectivity index (χ1v) is 9.34. The summed E-state index contributed by atoms with van der Waals surface area (Å²) in [4.78, 5) is 16.4. The Hall–Kier alpha value is -2.93. The lowest BCUT2D eigenvalue weighted by Gasteiger charge is -2.14. The summed E-state index contributed by atoms with van der Waals surface area (Å²) in [5, 5.41) is 9.33. The molecule has 1 aliphatic heterocycles. The highest BCUT2D eigenvalue weighted by molar-refractivity contribution is 5.94. The first-order chi connectivity index (χ1) is 13.6. The van der Waals surface area contributed by atoms with E-state index in [0.717, 1.165) is 29.7 Å². The van der Waals surface area contributed by atoms with E-state index in [-0.39, 0.29) is 17.8 Å². The van der Waals surface area contributed by atoms with Gasteiger partial charge in [-0.2, -0.15) is 0 Å². The number of hydrogen-bond donors (Lipinski definition) is 3. The molecule has 3 N–H and O–H groups in total. The van der Waals surface area contributed by atoms with Gasteiger partial charge in [0.15, 0.2) is 5.96 Å². The molecule has 1 fully saturated rings. The van der Waals surface area contributed by atoms with Gasteiger partial charge in [-0.1, -0.05) is 24.3 Å². The van der Waals surface area contributed by atoms with Crippen LogP contribution in [0.5, 0.6) is 0 Å². The van der Waals surface area contributed by atoms with Crippen molar-refractivity contribution in [1.82, 2.24) is 10.6 Å². The van der Waals surface area contributed by atoms with E-state index in [0.29, 0.717) is 25.7 Å². The van der Waals surface area contributed by atoms with Crippen LogP contribution in [-0.2, 0) is 22.6 Å². The molecule has 1 atom stereocenters. The van der Waals surface area contributed by atoms with Crippen molar-refractivity contribution in [2.45, 2.75) is 32.0 Å². The van der Waals surface area contributed by atoms with Crippen LogP contribution in [0.25, 0.3) is 0 Å². The minimum absolute atomic E-state index is 0.0978. The van der Waals surface area contributed by atoms with Crippen molar-refractivity contribution < 1.29 is 13.9 Å². The molecular formula is C21H25FN4O2. The number of amides is 1. The first kappa shape index (κ1) is 19.8.